The standard InChI is InChI=1S/C14H14NOS/c1-3-12-9-15-14(17-12)13(4-2)16-10-11-7-5-6-8-11/h3-9H,1,10H2,2H3/q-1. The molecule has 0 aliphatic carbocycles. The Hall–Kier alpha value is -1.74. The molecule has 0 N–H and O–H groups in total. The lowest BCUT2D eigenvalue weighted by atomic mass is 10.3. The lowest BCUT2D eigenvalue weighted by Gasteiger charge is -2.08. The predicted molar refractivity (Wildman–Crippen MR) is 72.7 cm³/mol. The van der Waals surface area contributed by atoms with Gasteiger partial charge in [0.2, 0.25) is 0 Å². The van der Waals surface area contributed by atoms with Crippen LogP contribution in [0.1, 0.15) is 22.4 Å². The maximum absolute atomic E-state index is 5.75. The summed E-state index contributed by atoms with van der Waals surface area (Å²) in [5.74, 6) is 0.823. The minimum Gasteiger partial charge on any atom is -0.488 e. The molecule has 1 heterocycles. The van der Waals surface area contributed by atoms with Crippen LogP contribution in [-0.2, 0) is 11.3 Å². The quantitative estimate of drug-likeness (QED) is 0.584. The van der Waals surface area contributed by atoms with Crippen molar-refractivity contribution in [1.82, 2.24) is 4.98 Å². The van der Waals surface area contributed by atoms with Crippen molar-refractivity contribution in [1.29, 1.82) is 0 Å². The molecular weight excluding hydrogens is 230 g/mol. The molecule has 0 saturated carbocycles. The second-order valence-electron chi connectivity index (χ2n) is 3.51. The van der Waals surface area contributed by atoms with Crippen LogP contribution in [0, 0.1) is 0 Å². The lowest BCUT2D eigenvalue weighted by Crippen LogP contribution is -1.91. The smallest absolute Gasteiger partial charge is 0.158 e. The van der Waals surface area contributed by atoms with Crippen LogP contribution in [0.25, 0.3) is 11.8 Å². The summed E-state index contributed by atoms with van der Waals surface area (Å²) in [6.07, 6.45) is 5.54. The number of thiazole rings is 1. The Kier molecular flexibility index (Phi) is 3.83. The van der Waals surface area contributed by atoms with Gasteiger partial charge in [0.25, 0.3) is 0 Å². The summed E-state index contributed by atoms with van der Waals surface area (Å²) in [5.41, 5.74) is 1.17. The van der Waals surface area contributed by atoms with Crippen molar-refractivity contribution in [2.45, 2.75) is 13.5 Å². The molecule has 1 aromatic heterocycles. The van der Waals surface area contributed by atoms with Gasteiger partial charge in [0.15, 0.2) is 10.8 Å². The first-order chi connectivity index (χ1) is 8.33. The molecule has 0 fully saturated rings. The van der Waals surface area contributed by atoms with Crippen molar-refractivity contribution in [3.8, 4) is 0 Å². The van der Waals surface area contributed by atoms with Crippen molar-refractivity contribution >= 4 is 23.2 Å². The molecule has 0 saturated heterocycles. The van der Waals surface area contributed by atoms with E-state index in [1.54, 1.807) is 17.4 Å². The van der Waals surface area contributed by atoms with Crippen molar-refractivity contribution in [2.24, 2.45) is 0 Å². The Labute approximate surface area is 105 Å². The zero-order chi connectivity index (χ0) is 12.1. The van der Waals surface area contributed by atoms with Gasteiger partial charge in [0.1, 0.15) is 0 Å². The summed E-state index contributed by atoms with van der Waals surface area (Å²) in [6, 6.07) is 8.11. The summed E-state index contributed by atoms with van der Waals surface area (Å²) < 4.78 is 5.75. The number of aromatic nitrogens is 1. The van der Waals surface area contributed by atoms with Gasteiger partial charge < -0.3 is 4.74 Å². The molecule has 0 amide bonds. The molecule has 0 atom stereocenters. The van der Waals surface area contributed by atoms with Crippen LogP contribution in [-0.4, -0.2) is 4.98 Å². The van der Waals surface area contributed by atoms with Crippen molar-refractivity contribution in [2.75, 3.05) is 0 Å². The number of ether oxygens (including phenoxy) is 1. The van der Waals surface area contributed by atoms with Gasteiger partial charge in [-0.1, -0.05) is 12.7 Å². The van der Waals surface area contributed by atoms with Gasteiger partial charge in [-0.3, -0.25) is 0 Å². The third-order valence-corrected chi connectivity index (χ3v) is 3.33. The number of allylic oxidation sites excluding steroid dienone is 1. The summed E-state index contributed by atoms with van der Waals surface area (Å²) in [6.45, 7) is 6.26. The number of hydrogen-bond donors (Lipinski definition) is 0. The van der Waals surface area contributed by atoms with Gasteiger partial charge in [-0.05, 0) is 13.0 Å². The number of hydrogen-bond acceptors (Lipinski definition) is 3. The Morgan fingerprint density at radius 1 is 1.65 bits per heavy atom. The van der Waals surface area contributed by atoms with Crippen LogP contribution in [0.2, 0.25) is 0 Å². The van der Waals surface area contributed by atoms with Crippen LogP contribution in [0.4, 0.5) is 0 Å². The first-order valence-corrected chi connectivity index (χ1v) is 6.23. The van der Waals surface area contributed by atoms with Crippen LogP contribution in [0.15, 0.2) is 43.1 Å². The van der Waals surface area contributed by atoms with E-state index in [9.17, 15) is 0 Å². The van der Waals surface area contributed by atoms with Crippen LogP contribution in [0.5, 0.6) is 0 Å². The van der Waals surface area contributed by atoms with Gasteiger partial charge >= 0.3 is 0 Å². The molecule has 88 valence electrons. The largest absolute Gasteiger partial charge is 0.488 e. The average Bonchev–Trinajstić information content (AvgIpc) is 3.00. The second kappa shape index (κ2) is 5.55. The molecule has 0 unspecified atom stereocenters. The number of rotatable bonds is 5. The maximum atomic E-state index is 5.75. The van der Waals surface area contributed by atoms with Crippen molar-refractivity contribution < 1.29 is 4.74 Å². The monoisotopic (exact) mass is 244 g/mol. The summed E-state index contributed by atoms with van der Waals surface area (Å²) in [4.78, 5) is 5.36. The highest BCUT2D eigenvalue weighted by Gasteiger charge is 2.06. The summed E-state index contributed by atoms with van der Waals surface area (Å²) in [7, 11) is 0. The molecule has 0 aliphatic heterocycles. The third kappa shape index (κ3) is 2.88. The zero-order valence-electron chi connectivity index (χ0n) is 9.72. The van der Waals surface area contributed by atoms with E-state index in [-0.39, 0.29) is 0 Å². The molecule has 2 rings (SSSR count). The van der Waals surface area contributed by atoms with Gasteiger partial charge in [-0.2, -0.15) is 12.1 Å². The molecule has 0 radical (unpaired) electrons. The molecular formula is C14H14NOS-. The molecule has 2 nitrogen and oxygen atoms in total. The van der Waals surface area contributed by atoms with E-state index in [2.05, 4.69) is 11.6 Å². The molecule has 1 aromatic carbocycles. The average molecular weight is 244 g/mol. The first-order valence-electron chi connectivity index (χ1n) is 5.42. The topological polar surface area (TPSA) is 22.1 Å². The van der Waals surface area contributed by atoms with Gasteiger partial charge in [0.05, 0.1) is 6.61 Å². The van der Waals surface area contributed by atoms with Gasteiger partial charge in [0, 0.05) is 11.1 Å². The summed E-state index contributed by atoms with van der Waals surface area (Å²) in [5, 5.41) is 0.897. The van der Waals surface area contributed by atoms with E-state index in [1.165, 1.54) is 5.56 Å². The fourth-order valence-corrected chi connectivity index (χ4v) is 2.23. The highest BCUT2D eigenvalue weighted by Crippen LogP contribution is 2.23. The second-order valence-corrected chi connectivity index (χ2v) is 4.57. The molecule has 2 aromatic rings. The first kappa shape index (κ1) is 11.7. The molecule has 3 heteroatoms. The van der Waals surface area contributed by atoms with Gasteiger partial charge in [-0.25, -0.2) is 17.1 Å². The van der Waals surface area contributed by atoms with Crippen LogP contribution in [0.3, 0.4) is 0 Å². The Morgan fingerprint density at radius 2 is 2.53 bits per heavy atom. The fraction of sp³-hybridized carbons (Fsp3) is 0.143. The van der Waals surface area contributed by atoms with E-state index in [4.69, 9.17) is 4.74 Å². The van der Waals surface area contributed by atoms with Crippen LogP contribution < -0.4 is 0 Å². The number of nitrogens with zero attached hydrogens (tertiary/aromatic N) is 1. The molecule has 17 heavy (non-hydrogen) atoms. The minimum atomic E-state index is 0.579. The molecule has 0 bridgehead atoms. The van der Waals surface area contributed by atoms with E-state index < -0.39 is 0 Å². The SMILES string of the molecule is C=Cc1cnc(C(=CC)OCc2ccc[cH-]2)s1. The Bertz CT molecular complexity index is 508. The lowest BCUT2D eigenvalue weighted by molar-refractivity contribution is 0.264. The Balaban J connectivity index is 2.04. The zero-order valence-corrected chi connectivity index (χ0v) is 10.5. The highest BCUT2D eigenvalue weighted by molar-refractivity contribution is 7.13. The van der Waals surface area contributed by atoms with Crippen LogP contribution >= 0.6 is 11.3 Å². The predicted octanol–water partition coefficient (Wildman–Crippen LogP) is 4.08. The van der Waals surface area contributed by atoms with E-state index in [0.29, 0.717) is 6.61 Å². The highest BCUT2D eigenvalue weighted by atomic mass is 32.1. The molecule has 0 aliphatic rings. The van der Waals surface area contributed by atoms with E-state index >= 15 is 0 Å². The Morgan fingerprint density at radius 3 is 3.12 bits per heavy atom. The van der Waals surface area contributed by atoms with Crippen molar-refractivity contribution in [3.05, 3.63) is 58.6 Å². The van der Waals surface area contributed by atoms with E-state index in [1.807, 2.05) is 43.5 Å². The van der Waals surface area contributed by atoms with Crippen molar-refractivity contribution in [3.63, 3.8) is 0 Å². The maximum Gasteiger partial charge on any atom is 0.158 e. The minimum absolute atomic E-state index is 0.579. The summed E-state index contributed by atoms with van der Waals surface area (Å²) >= 11 is 1.58. The van der Waals surface area contributed by atoms with Gasteiger partial charge in [-0.15, -0.1) is 16.9 Å². The fourth-order valence-electron chi connectivity index (χ4n) is 1.43. The molecule has 0 spiro atoms. The van der Waals surface area contributed by atoms with E-state index in [0.717, 1.165) is 15.6 Å². The third-order valence-electron chi connectivity index (χ3n) is 2.32. The normalized spacial score (nSPS) is 11.5.